The van der Waals surface area contributed by atoms with E-state index in [-0.39, 0.29) is 5.56 Å². The first-order chi connectivity index (χ1) is 15.6. The highest BCUT2D eigenvalue weighted by molar-refractivity contribution is 7.98. The van der Waals surface area contributed by atoms with Crippen molar-refractivity contribution >= 4 is 34.3 Å². The van der Waals surface area contributed by atoms with Gasteiger partial charge in [0.1, 0.15) is 5.82 Å². The number of benzene rings is 3. The summed E-state index contributed by atoms with van der Waals surface area (Å²) in [6.07, 6.45) is 0. The van der Waals surface area contributed by atoms with Crippen molar-refractivity contribution < 1.29 is 0 Å². The number of thioether (sulfide) groups is 1. The average Bonchev–Trinajstić information content (AvgIpc) is 3.22. The molecule has 2 heterocycles. The molecule has 0 bridgehead atoms. The Morgan fingerprint density at radius 1 is 1.00 bits per heavy atom. The molecule has 0 amide bonds. The number of rotatable bonds is 5. The van der Waals surface area contributed by atoms with Crippen molar-refractivity contribution in [2.75, 3.05) is 0 Å². The highest BCUT2D eigenvalue weighted by Gasteiger charge is 2.17. The van der Waals surface area contributed by atoms with Crippen molar-refractivity contribution in [3.8, 4) is 17.1 Å². The van der Waals surface area contributed by atoms with Crippen molar-refractivity contribution in [3.63, 3.8) is 0 Å². The van der Waals surface area contributed by atoms with Gasteiger partial charge in [0, 0.05) is 16.3 Å². The maximum absolute atomic E-state index is 12.4. The van der Waals surface area contributed by atoms with Crippen LogP contribution in [0.1, 0.15) is 11.4 Å². The van der Waals surface area contributed by atoms with Crippen LogP contribution in [0.2, 0.25) is 5.02 Å². The number of H-pyrrole nitrogens is 1. The lowest BCUT2D eigenvalue weighted by Crippen LogP contribution is -2.11. The smallest absolute Gasteiger partial charge is 0.258 e. The lowest BCUT2D eigenvalue weighted by molar-refractivity contribution is 0.882. The molecule has 0 radical (unpaired) electrons. The number of fused-ring (bicyclic) bond motifs is 1. The van der Waals surface area contributed by atoms with E-state index in [4.69, 9.17) is 11.6 Å². The summed E-state index contributed by atoms with van der Waals surface area (Å²) in [4.78, 5) is 19.9. The Kier molecular flexibility index (Phi) is 5.51. The molecule has 0 saturated heterocycles. The molecule has 0 aliphatic carbocycles. The maximum atomic E-state index is 12.4. The van der Waals surface area contributed by atoms with Crippen LogP contribution in [0.5, 0.6) is 0 Å². The van der Waals surface area contributed by atoms with Crippen molar-refractivity contribution in [1.82, 2.24) is 24.7 Å². The van der Waals surface area contributed by atoms with Gasteiger partial charge in [-0.3, -0.25) is 9.36 Å². The zero-order chi connectivity index (χ0) is 22.1. The van der Waals surface area contributed by atoms with E-state index in [1.165, 1.54) is 11.8 Å². The minimum Gasteiger partial charge on any atom is -0.309 e. The van der Waals surface area contributed by atoms with Crippen LogP contribution in [0, 0.1) is 6.92 Å². The maximum Gasteiger partial charge on any atom is 0.258 e. The molecule has 8 heteroatoms. The number of hydrogen-bond donors (Lipinski definition) is 1. The molecule has 32 heavy (non-hydrogen) atoms. The third-order valence-electron chi connectivity index (χ3n) is 5.00. The number of aromatic amines is 1. The van der Waals surface area contributed by atoms with E-state index >= 15 is 0 Å². The second kappa shape index (κ2) is 8.61. The van der Waals surface area contributed by atoms with Crippen LogP contribution in [0.25, 0.3) is 28.0 Å². The van der Waals surface area contributed by atoms with Crippen LogP contribution in [0.15, 0.2) is 82.7 Å². The Hall–Kier alpha value is -3.42. The molecule has 3 aromatic carbocycles. The average molecular weight is 460 g/mol. The minimum atomic E-state index is -0.145. The van der Waals surface area contributed by atoms with Gasteiger partial charge in [-0.05, 0) is 61.0 Å². The van der Waals surface area contributed by atoms with Gasteiger partial charge in [0.2, 0.25) is 0 Å². The van der Waals surface area contributed by atoms with Gasteiger partial charge >= 0.3 is 0 Å². The van der Waals surface area contributed by atoms with Gasteiger partial charge in [0.25, 0.3) is 5.56 Å². The van der Waals surface area contributed by atoms with Crippen LogP contribution in [0.4, 0.5) is 0 Å². The molecule has 0 fully saturated rings. The summed E-state index contributed by atoms with van der Waals surface area (Å²) < 4.78 is 2.01. The Morgan fingerprint density at radius 2 is 1.81 bits per heavy atom. The summed E-state index contributed by atoms with van der Waals surface area (Å²) in [6.45, 7) is 2.05. The first-order valence-corrected chi connectivity index (χ1v) is 11.3. The van der Waals surface area contributed by atoms with E-state index in [1.54, 1.807) is 6.07 Å². The molecule has 0 saturated carbocycles. The van der Waals surface area contributed by atoms with Crippen molar-refractivity contribution in [2.45, 2.75) is 17.8 Å². The summed E-state index contributed by atoms with van der Waals surface area (Å²) in [7, 11) is 0. The Balaban J connectivity index is 1.54. The zero-order valence-corrected chi connectivity index (χ0v) is 18.7. The first-order valence-electron chi connectivity index (χ1n) is 9.97. The van der Waals surface area contributed by atoms with E-state index in [0.29, 0.717) is 32.7 Å². The van der Waals surface area contributed by atoms with E-state index in [1.807, 2.05) is 72.2 Å². The van der Waals surface area contributed by atoms with Gasteiger partial charge in [-0.15, -0.1) is 10.2 Å². The van der Waals surface area contributed by atoms with Crippen molar-refractivity contribution in [1.29, 1.82) is 0 Å². The molecular formula is C24H18ClN5OS. The normalized spacial score (nSPS) is 11.2. The number of aryl methyl sites for hydroxylation is 1. The second-order valence-electron chi connectivity index (χ2n) is 7.31. The summed E-state index contributed by atoms with van der Waals surface area (Å²) in [5, 5.41) is 10.8. The van der Waals surface area contributed by atoms with Gasteiger partial charge in [-0.2, -0.15) is 0 Å². The van der Waals surface area contributed by atoms with Gasteiger partial charge < -0.3 is 4.98 Å². The molecule has 0 aliphatic rings. The molecule has 5 rings (SSSR count). The van der Waals surface area contributed by atoms with E-state index in [9.17, 15) is 4.79 Å². The molecule has 0 atom stereocenters. The fourth-order valence-corrected chi connectivity index (χ4v) is 4.43. The third-order valence-corrected chi connectivity index (χ3v) is 6.19. The monoisotopic (exact) mass is 459 g/mol. The van der Waals surface area contributed by atoms with E-state index in [0.717, 1.165) is 22.6 Å². The molecule has 2 aromatic heterocycles. The predicted octanol–water partition coefficient (Wildman–Crippen LogP) is 5.42. The number of hydrogen-bond acceptors (Lipinski definition) is 5. The minimum absolute atomic E-state index is 0.145. The molecular weight excluding hydrogens is 442 g/mol. The number of nitrogens with zero attached hydrogens (tertiary/aromatic N) is 4. The van der Waals surface area contributed by atoms with E-state index < -0.39 is 0 Å². The number of halogens is 1. The Labute approximate surface area is 193 Å². The van der Waals surface area contributed by atoms with Crippen LogP contribution in [0.3, 0.4) is 0 Å². The second-order valence-corrected chi connectivity index (χ2v) is 8.68. The molecule has 158 valence electrons. The van der Waals surface area contributed by atoms with Gasteiger partial charge in [0.05, 0.1) is 16.7 Å². The fraction of sp³-hybridized carbons (Fsp3) is 0.0833. The largest absolute Gasteiger partial charge is 0.309 e. The van der Waals surface area contributed by atoms with Gasteiger partial charge in [0.15, 0.2) is 11.0 Å². The molecule has 1 N–H and O–H groups in total. The first kappa shape index (κ1) is 20.5. The number of aromatic nitrogens is 5. The highest BCUT2D eigenvalue weighted by Crippen LogP contribution is 2.30. The Bertz CT molecular complexity index is 1480. The molecule has 6 nitrogen and oxygen atoms in total. The summed E-state index contributed by atoms with van der Waals surface area (Å²) in [5.74, 6) is 1.75. The SMILES string of the molecule is Cc1cccc(-n2c(SCc3nc4ccccc4c(=O)[nH]3)nnc2-c2ccc(Cl)cc2)c1. The van der Waals surface area contributed by atoms with Crippen LogP contribution in [-0.2, 0) is 5.75 Å². The Morgan fingerprint density at radius 3 is 2.62 bits per heavy atom. The van der Waals surface area contributed by atoms with Gasteiger partial charge in [-0.25, -0.2) is 4.98 Å². The van der Waals surface area contributed by atoms with Crippen molar-refractivity contribution in [2.24, 2.45) is 0 Å². The zero-order valence-electron chi connectivity index (χ0n) is 17.1. The molecule has 0 aliphatic heterocycles. The summed E-state index contributed by atoms with van der Waals surface area (Å²) >= 11 is 7.54. The highest BCUT2D eigenvalue weighted by atomic mass is 35.5. The standard InChI is InChI=1S/C24H18ClN5OS/c1-15-5-4-6-18(13-15)30-22(16-9-11-17(25)12-10-16)28-29-24(30)32-14-21-26-20-8-3-2-7-19(20)23(31)27-21/h2-13H,14H2,1H3,(H,26,27,31). The number of nitrogens with one attached hydrogen (secondary N) is 1. The molecule has 5 aromatic rings. The lowest BCUT2D eigenvalue weighted by atomic mass is 10.2. The van der Waals surface area contributed by atoms with E-state index in [2.05, 4.69) is 26.2 Å². The molecule has 0 spiro atoms. The van der Waals surface area contributed by atoms with Crippen LogP contribution >= 0.6 is 23.4 Å². The van der Waals surface area contributed by atoms with Crippen LogP contribution in [-0.4, -0.2) is 24.7 Å². The predicted molar refractivity (Wildman–Crippen MR) is 128 cm³/mol. The van der Waals surface area contributed by atoms with Crippen LogP contribution < -0.4 is 5.56 Å². The quantitative estimate of drug-likeness (QED) is 0.355. The number of para-hydroxylation sites is 1. The third kappa shape index (κ3) is 4.04. The summed E-state index contributed by atoms with van der Waals surface area (Å²) in [5.41, 5.74) is 3.53. The fourth-order valence-electron chi connectivity index (χ4n) is 3.49. The summed E-state index contributed by atoms with van der Waals surface area (Å²) in [6, 6.07) is 23.0. The lowest BCUT2D eigenvalue weighted by Gasteiger charge is -2.11. The van der Waals surface area contributed by atoms with Crippen molar-refractivity contribution in [3.05, 3.63) is 99.6 Å². The molecule has 0 unspecified atom stereocenters. The van der Waals surface area contributed by atoms with Gasteiger partial charge in [-0.1, -0.05) is 47.6 Å². The topological polar surface area (TPSA) is 76.5 Å².